The molecule has 13 nitrogen and oxygen atoms in total. The van der Waals surface area contributed by atoms with Crippen LogP contribution in [-0.4, -0.2) is 94.6 Å². The van der Waals surface area contributed by atoms with Crippen LogP contribution < -0.4 is 113 Å². The first-order chi connectivity index (χ1) is 27.5. The van der Waals surface area contributed by atoms with Crippen molar-refractivity contribution in [1.29, 1.82) is 0 Å². The molecule has 0 fully saturated rings. The summed E-state index contributed by atoms with van der Waals surface area (Å²) >= 11 is 5.99. The number of phenolic OH excluding ortho intramolecular Hbond substituents is 3. The molecule has 310 valence electrons. The van der Waals surface area contributed by atoms with Gasteiger partial charge in [0.25, 0.3) is 6.47 Å². The van der Waals surface area contributed by atoms with E-state index in [0.717, 1.165) is 29.7 Å². The van der Waals surface area contributed by atoms with E-state index in [-0.39, 0.29) is 158 Å². The molecule has 2 heterocycles. The minimum Gasteiger partial charge on any atom is -1.00 e. The molecular weight excluding hydrogens is 846 g/mol. The van der Waals surface area contributed by atoms with E-state index in [1.807, 2.05) is 58.3 Å². The third kappa shape index (κ3) is 17.7. The smallest absolute Gasteiger partial charge is 1.00 e. The maximum atomic E-state index is 11.8. The van der Waals surface area contributed by atoms with Gasteiger partial charge in [0.15, 0.2) is 12.6 Å². The van der Waals surface area contributed by atoms with Crippen LogP contribution in [0.5, 0.6) is 23.0 Å². The molecule has 0 unspecified atom stereocenters. The van der Waals surface area contributed by atoms with Crippen molar-refractivity contribution in [3.63, 3.8) is 0 Å². The molecule has 0 atom stereocenters. The molecule has 0 saturated heterocycles. The Morgan fingerprint density at radius 2 is 1.08 bits per heavy atom. The average Bonchev–Trinajstić information content (AvgIpc) is 3.24. The Bertz CT molecular complexity index is 2040. The summed E-state index contributed by atoms with van der Waals surface area (Å²) in [6.45, 7) is 5.97. The number of benzene rings is 4. The number of rotatable bonds is 9. The van der Waals surface area contributed by atoms with Crippen LogP contribution in [0.3, 0.4) is 0 Å². The number of nitrogens with zero attached hydrogens (tertiary/aromatic N) is 2. The van der Waals surface area contributed by atoms with Crippen molar-refractivity contribution in [3.8, 4) is 23.0 Å². The number of hydrogen-bond donors (Lipinski definition) is 3. The number of halogens is 1. The quantitative estimate of drug-likeness (QED) is 0.0690. The van der Waals surface area contributed by atoms with Crippen molar-refractivity contribution >= 4 is 53.6 Å². The fourth-order valence-electron chi connectivity index (χ4n) is 5.92. The Labute approximate surface area is 442 Å². The summed E-state index contributed by atoms with van der Waals surface area (Å²) in [6, 6.07) is 29.0. The van der Waals surface area contributed by atoms with Gasteiger partial charge in [0, 0.05) is 45.9 Å². The predicted molar refractivity (Wildman–Crippen MR) is 220 cm³/mol. The number of aromatic hydroxyl groups is 3. The molecule has 2 amide bonds. The van der Waals surface area contributed by atoms with E-state index in [1.165, 1.54) is 41.0 Å². The minimum atomic E-state index is -0.199. The zero-order valence-electron chi connectivity index (χ0n) is 34.5. The molecule has 0 spiro atoms. The Balaban J connectivity index is 0. The minimum absolute atomic E-state index is 0. The number of aldehydes is 2. The third-order valence-electron chi connectivity index (χ3n) is 9.00. The fourth-order valence-corrected chi connectivity index (χ4v) is 6.22. The first-order valence-corrected chi connectivity index (χ1v) is 18.2. The average molecular weight is 896 g/mol. The van der Waals surface area contributed by atoms with Crippen molar-refractivity contribution in [3.05, 3.63) is 130 Å². The van der Waals surface area contributed by atoms with E-state index >= 15 is 0 Å². The predicted octanol–water partition coefficient (Wildman–Crippen LogP) is 0.322. The molecule has 0 aliphatic carbocycles. The SMILES string of the molecule is C.CC(=O)N1CCC(CCl)=C(c2ccccc2)C1.CC(=O)N1CCC(COc2cccc(O)c2C=O)=C(c2ccccc2)C1.O=CO[O-].O=Cc1c(O)cccc1O.[H-].[K+].[K+]. The van der Waals surface area contributed by atoms with Gasteiger partial charge in [-0.25, -0.2) is 0 Å². The monoisotopic (exact) mass is 894 g/mol. The number of ether oxygens (including phenoxy) is 1. The van der Waals surface area contributed by atoms with Gasteiger partial charge in [0.2, 0.25) is 11.8 Å². The third-order valence-corrected chi connectivity index (χ3v) is 9.32. The molecule has 0 saturated carbocycles. The Morgan fingerprint density at radius 1 is 0.683 bits per heavy atom. The molecular formula is C44H49ClK2N2O11. The number of alkyl halides is 1. The second-order valence-corrected chi connectivity index (χ2v) is 12.8. The van der Waals surface area contributed by atoms with E-state index in [2.05, 4.69) is 17.0 Å². The first-order valence-electron chi connectivity index (χ1n) is 17.7. The summed E-state index contributed by atoms with van der Waals surface area (Å²) in [5, 5.41) is 36.0. The summed E-state index contributed by atoms with van der Waals surface area (Å²) < 4.78 is 5.84. The van der Waals surface area contributed by atoms with E-state index in [1.54, 1.807) is 26.0 Å². The van der Waals surface area contributed by atoms with E-state index < -0.39 is 0 Å². The number of phenols is 3. The summed E-state index contributed by atoms with van der Waals surface area (Å²) in [5.74, 6) is 0.595. The molecule has 4 aromatic rings. The molecule has 3 N–H and O–H groups in total. The zero-order valence-corrected chi connectivity index (χ0v) is 40.5. The van der Waals surface area contributed by atoms with E-state index in [9.17, 15) is 24.3 Å². The van der Waals surface area contributed by atoms with Crippen LogP contribution in [0.25, 0.3) is 11.1 Å². The van der Waals surface area contributed by atoms with Crippen LogP contribution in [0.15, 0.2) is 108 Å². The second kappa shape index (κ2) is 30.8. The molecule has 0 bridgehead atoms. The van der Waals surface area contributed by atoms with Gasteiger partial charge in [0.05, 0.1) is 11.1 Å². The molecule has 6 rings (SSSR count). The van der Waals surface area contributed by atoms with Crippen molar-refractivity contribution < 1.29 is 158 Å². The number of amides is 2. The van der Waals surface area contributed by atoms with Crippen LogP contribution in [0, 0.1) is 0 Å². The Kier molecular flexibility index (Phi) is 29.2. The zero-order chi connectivity index (χ0) is 41.7. The maximum absolute atomic E-state index is 11.8. The standard InChI is InChI=1S/C21H21NO4.C14H16ClNO.C7H6O3.CH2O3.CH4.2K.H/c1-15(24)22-11-10-17(18(12-22)16-6-3-2-4-7-16)14-26-21-9-5-8-20(25)19(21)13-23;1-11(17)16-8-7-13(9-15)14(10-16)12-5-3-2-4-6-12;8-4-5-6(9)2-1-3-7(5)10;2-1-4-3;;;;/h2-9,13,25H,10-12,14H2,1H3;2-6H,7-10H2,1H3;1-4,9-10H;1,3H;1H4;;;/q;;;;;2*+1;-1/p-1. The molecule has 0 radical (unpaired) electrons. The largest absolute Gasteiger partial charge is 1.00 e. The molecule has 2 aliphatic rings. The number of carbonyl (C=O) groups excluding carboxylic acids is 5. The van der Waals surface area contributed by atoms with Crippen molar-refractivity contribution in [2.75, 3.05) is 38.7 Å². The van der Waals surface area contributed by atoms with Gasteiger partial charge in [-0.15, -0.1) is 11.6 Å². The molecule has 0 aromatic heterocycles. The van der Waals surface area contributed by atoms with E-state index in [0.29, 0.717) is 56.9 Å². The van der Waals surface area contributed by atoms with Gasteiger partial charge in [-0.1, -0.05) is 80.2 Å². The van der Waals surface area contributed by atoms with Crippen molar-refractivity contribution in [2.24, 2.45) is 0 Å². The Morgan fingerprint density at radius 3 is 1.47 bits per heavy atom. The number of hydrogen-bond acceptors (Lipinski definition) is 11. The van der Waals surface area contributed by atoms with Gasteiger partial charge < -0.3 is 41.4 Å². The second-order valence-electron chi connectivity index (χ2n) is 12.5. The van der Waals surface area contributed by atoms with Gasteiger partial charge in [0.1, 0.15) is 29.6 Å². The van der Waals surface area contributed by atoms with Crippen LogP contribution >= 0.6 is 11.6 Å². The van der Waals surface area contributed by atoms with Crippen molar-refractivity contribution in [2.45, 2.75) is 34.1 Å². The first kappa shape index (κ1) is 56.8. The van der Waals surface area contributed by atoms with Gasteiger partial charge in [-0.2, -0.15) is 0 Å². The molecule has 16 heteroatoms. The Hall–Kier alpha value is -3.17. The van der Waals surface area contributed by atoms with Gasteiger partial charge in [-0.3, -0.25) is 24.0 Å². The topological polar surface area (TPSA) is 194 Å². The summed E-state index contributed by atoms with van der Waals surface area (Å²) in [6.07, 6.45) is 2.59. The van der Waals surface area contributed by atoms with Crippen LogP contribution in [0.4, 0.5) is 0 Å². The molecule has 4 aromatic carbocycles. The molecule has 2 aliphatic heterocycles. The maximum Gasteiger partial charge on any atom is 1.00 e. The summed E-state index contributed by atoms with van der Waals surface area (Å²) in [4.78, 5) is 59.5. The fraction of sp³-hybridized carbons (Fsp3) is 0.250. The van der Waals surface area contributed by atoms with Crippen LogP contribution in [0.2, 0.25) is 0 Å². The van der Waals surface area contributed by atoms with Gasteiger partial charge in [-0.05, 0) is 70.5 Å². The summed E-state index contributed by atoms with van der Waals surface area (Å²) in [5.41, 5.74) is 6.95. The normalized spacial score (nSPS) is 12.7. The molecule has 60 heavy (non-hydrogen) atoms. The van der Waals surface area contributed by atoms with Gasteiger partial charge >= 0.3 is 103 Å². The number of carbonyl (C=O) groups is 5. The van der Waals surface area contributed by atoms with Crippen LogP contribution in [-0.2, 0) is 19.3 Å². The summed E-state index contributed by atoms with van der Waals surface area (Å²) in [7, 11) is 0. The van der Waals surface area contributed by atoms with E-state index in [4.69, 9.17) is 36.6 Å². The van der Waals surface area contributed by atoms with Crippen molar-refractivity contribution in [1.82, 2.24) is 9.80 Å². The van der Waals surface area contributed by atoms with Crippen LogP contribution in [0.1, 0.15) is 67.4 Å².